The number of esters is 5. The first-order chi connectivity index (χ1) is 26.9. The number of benzene rings is 2. The van der Waals surface area contributed by atoms with Gasteiger partial charge in [0, 0.05) is 46.6 Å². The van der Waals surface area contributed by atoms with E-state index in [9.17, 15) is 33.6 Å². The smallest absolute Gasteiger partial charge is 0.407 e. The summed E-state index contributed by atoms with van der Waals surface area (Å²) in [6.07, 6.45) is -8.04. The number of fused-ring (bicyclic) bond motifs is 3. The van der Waals surface area contributed by atoms with E-state index in [1.165, 1.54) is 0 Å². The second kappa shape index (κ2) is 20.0. The van der Waals surface area contributed by atoms with Crippen LogP contribution in [0.25, 0.3) is 11.1 Å². The Bertz CT molecular complexity index is 1740. The van der Waals surface area contributed by atoms with Gasteiger partial charge in [0.2, 0.25) is 5.91 Å². The average Bonchev–Trinajstić information content (AvgIpc) is 3.44. The number of hydrogen-bond donors (Lipinski definition) is 2. The molecule has 0 saturated carbocycles. The Morgan fingerprint density at radius 3 is 1.84 bits per heavy atom. The van der Waals surface area contributed by atoms with Gasteiger partial charge in [0.05, 0.1) is 6.61 Å². The lowest BCUT2D eigenvalue weighted by atomic mass is 9.98. The molecule has 17 nitrogen and oxygen atoms in total. The molecule has 2 aromatic carbocycles. The van der Waals surface area contributed by atoms with Crippen molar-refractivity contribution in [3.63, 3.8) is 0 Å². The lowest BCUT2D eigenvalue weighted by Gasteiger charge is -2.44. The van der Waals surface area contributed by atoms with Gasteiger partial charge in [-0.05, 0) is 49.4 Å². The van der Waals surface area contributed by atoms with Crippen molar-refractivity contribution in [2.45, 2.75) is 110 Å². The largest absolute Gasteiger partial charge is 0.463 e. The van der Waals surface area contributed by atoms with Crippen molar-refractivity contribution in [2.24, 2.45) is 0 Å². The van der Waals surface area contributed by atoms with E-state index in [2.05, 4.69) is 10.6 Å². The van der Waals surface area contributed by atoms with Crippen LogP contribution in [0.15, 0.2) is 48.5 Å². The molecule has 2 aliphatic rings. The van der Waals surface area contributed by atoms with Gasteiger partial charge in [0.15, 0.2) is 24.6 Å². The van der Waals surface area contributed by atoms with Crippen LogP contribution < -0.4 is 10.6 Å². The van der Waals surface area contributed by atoms with Crippen molar-refractivity contribution in [2.75, 3.05) is 26.4 Å². The highest BCUT2D eigenvalue weighted by Crippen LogP contribution is 2.44. The SMILES string of the molecule is CC(=O)OC[C@H]1O[C@@H](OCCNC(=O)CC[C@H](NC(=O)OCC2c3ccccc3-c3ccccc32)C(=O)OC(C)(C)C)[C@H](OC(C)=O)[C@@H](OC(C)=O)[C@@H]1OC(C)=O. The molecular weight excluding hydrogens is 748 g/mol. The summed E-state index contributed by atoms with van der Waals surface area (Å²) in [6.45, 7) is 8.72. The van der Waals surface area contributed by atoms with Crippen LogP contribution in [0.2, 0.25) is 0 Å². The Labute approximate surface area is 330 Å². The topological polar surface area (TPSA) is 217 Å². The van der Waals surface area contributed by atoms with Crippen molar-refractivity contribution in [3.05, 3.63) is 59.7 Å². The Hall–Kier alpha value is -5.55. The Kier molecular flexibility index (Phi) is 15.5. The molecule has 1 saturated heterocycles. The third-order valence-electron chi connectivity index (χ3n) is 8.64. The normalized spacial score (nSPS) is 20.4. The fourth-order valence-corrected chi connectivity index (χ4v) is 6.46. The summed E-state index contributed by atoms with van der Waals surface area (Å²) in [7, 11) is 0. The molecule has 0 radical (unpaired) electrons. The first-order valence-electron chi connectivity index (χ1n) is 18.5. The van der Waals surface area contributed by atoms with Crippen LogP contribution >= 0.6 is 0 Å². The number of amides is 2. The van der Waals surface area contributed by atoms with Gasteiger partial charge < -0.3 is 48.5 Å². The van der Waals surface area contributed by atoms with Crippen molar-refractivity contribution >= 4 is 41.8 Å². The third-order valence-corrected chi connectivity index (χ3v) is 8.64. The highest BCUT2D eigenvalue weighted by atomic mass is 16.7. The standard InChI is InChI=1S/C40H50N2O15/c1-22(43)51-21-32-34(53-23(2)44)35(54-24(3)45)36(55-25(4)46)38(56-32)50-19-18-41-33(47)17-16-31(37(48)57-40(5,6)7)42-39(49)52-20-30-28-14-10-8-12-26(28)27-13-9-11-15-29(27)30/h8-15,30-32,34-36,38H,16-21H2,1-7H3,(H,41,47)(H,42,49)/t31-,32+,34+,35-,36+,38+/m0/s1. The molecule has 6 atom stereocenters. The van der Waals surface area contributed by atoms with Crippen LogP contribution in [0, 0.1) is 0 Å². The maximum atomic E-state index is 13.1. The molecule has 0 aromatic heterocycles. The molecule has 0 bridgehead atoms. The molecule has 0 spiro atoms. The molecule has 17 heteroatoms. The fraction of sp³-hybridized carbons (Fsp3) is 0.525. The van der Waals surface area contributed by atoms with Crippen LogP contribution in [0.4, 0.5) is 4.79 Å². The Morgan fingerprint density at radius 2 is 1.28 bits per heavy atom. The molecule has 2 amide bonds. The molecule has 57 heavy (non-hydrogen) atoms. The van der Waals surface area contributed by atoms with E-state index in [0.717, 1.165) is 49.9 Å². The molecule has 2 N–H and O–H groups in total. The zero-order chi connectivity index (χ0) is 41.9. The van der Waals surface area contributed by atoms with Crippen molar-refractivity contribution < 1.29 is 71.5 Å². The molecule has 0 unspecified atom stereocenters. The number of nitrogens with one attached hydrogen (secondary N) is 2. The first-order valence-corrected chi connectivity index (χ1v) is 18.5. The summed E-state index contributed by atoms with van der Waals surface area (Å²) in [5.74, 6) is -4.52. The maximum absolute atomic E-state index is 13.1. The highest BCUT2D eigenvalue weighted by molar-refractivity contribution is 5.83. The fourth-order valence-electron chi connectivity index (χ4n) is 6.46. The van der Waals surface area contributed by atoms with E-state index in [-0.39, 0.29) is 38.5 Å². The molecular formula is C40H50N2O15. The maximum Gasteiger partial charge on any atom is 0.407 e. The minimum Gasteiger partial charge on any atom is -0.463 e. The number of carbonyl (C=O) groups excluding carboxylic acids is 7. The van der Waals surface area contributed by atoms with E-state index in [4.69, 9.17) is 37.9 Å². The summed E-state index contributed by atoms with van der Waals surface area (Å²) >= 11 is 0. The predicted molar refractivity (Wildman–Crippen MR) is 198 cm³/mol. The molecule has 310 valence electrons. The lowest BCUT2D eigenvalue weighted by Crippen LogP contribution is -2.63. The van der Waals surface area contributed by atoms with Gasteiger partial charge in [-0.25, -0.2) is 9.59 Å². The number of rotatable bonds is 16. The van der Waals surface area contributed by atoms with Gasteiger partial charge in [0.1, 0.15) is 31.0 Å². The number of ether oxygens (including phenoxy) is 8. The van der Waals surface area contributed by atoms with Gasteiger partial charge >= 0.3 is 35.9 Å². The summed E-state index contributed by atoms with van der Waals surface area (Å²) in [5.41, 5.74) is 3.27. The van der Waals surface area contributed by atoms with E-state index >= 15 is 0 Å². The molecule has 4 rings (SSSR count). The van der Waals surface area contributed by atoms with E-state index < -0.39 is 90.8 Å². The summed E-state index contributed by atoms with van der Waals surface area (Å²) in [5, 5.41) is 5.19. The average molecular weight is 799 g/mol. The van der Waals surface area contributed by atoms with Gasteiger partial charge in [-0.15, -0.1) is 0 Å². The van der Waals surface area contributed by atoms with Crippen molar-refractivity contribution in [3.8, 4) is 11.1 Å². The minimum absolute atomic E-state index is 0.0148. The molecule has 1 aliphatic carbocycles. The quantitative estimate of drug-likeness (QED) is 0.142. The number of alkyl carbamates (subject to hydrolysis) is 1. The third kappa shape index (κ3) is 13.0. The number of carbonyl (C=O) groups is 7. The summed E-state index contributed by atoms with van der Waals surface area (Å²) < 4.78 is 44.0. The van der Waals surface area contributed by atoms with Crippen LogP contribution in [0.3, 0.4) is 0 Å². The van der Waals surface area contributed by atoms with Crippen LogP contribution in [-0.4, -0.2) is 111 Å². The molecule has 2 aromatic rings. The summed E-state index contributed by atoms with van der Waals surface area (Å²) in [6, 6.07) is 14.5. The van der Waals surface area contributed by atoms with Crippen LogP contribution in [-0.2, 0) is 66.7 Å². The Morgan fingerprint density at radius 1 is 0.719 bits per heavy atom. The zero-order valence-electron chi connectivity index (χ0n) is 33.0. The molecule has 1 heterocycles. The lowest BCUT2D eigenvalue weighted by molar-refractivity contribution is -0.307. The number of hydrogen-bond acceptors (Lipinski definition) is 15. The van der Waals surface area contributed by atoms with E-state index in [1.807, 2.05) is 48.5 Å². The van der Waals surface area contributed by atoms with E-state index in [0.29, 0.717) is 0 Å². The van der Waals surface area contributed by atoms with Gasteiger partial charge in [-0.2, -0.15) is 0 Å². The molecule has 1 aliphatic heterocycles. The predicted octanol–water partition coefficient (Wildman–Crippen LogP) is 3.23. The van der Waals surface area contributed by atoms with E-state index in [1.54, 1.807) is 20.8 Å². The van der Waals surface area contributed by atoms with Crippen LogP contribution in [0.1, 0.15) is 78.4 Å². The second-order valence-corrected chi connectivity index (χ2v) is 14.4. The minimum atomic E-state index is -1.43. The van der Waals surface area contributed by atoms with Gasteiger partial charge in [-0.1, -0.05) is 48.5 Å². The van der Waals surface area contributed by atoms with Gasteiger partial charge in [-0.3, -0.25) is 24.0 Å². The van der Waals surface area contributed by atoms with Crippen molar-refractivity contribution in [1.29, 1.82) is 0 Å². The van der Waals surface area contributed by atoms with Crippen molar-refractivity contribution in [1.82, 2.24) is 10.6 Å². The van der Waals surface area contributed by atoms with Gasteiger partial charge in [0.25, 0.3) is 0 Å². The second-order valence-electron chi connectivity index (χ2n) is 14.4. The first kappa shape index (κ1) is 44.2. The Balaban J connectivity index is 1.35. The summed E-state index contributed by atoms with van der Waals surface area (Å²) in [4.78, 5) is 86.8. The molecule has 1 fully saturated rings. The zero-order valence-corrected chi connectivity index (χ0v) is 33.0. The monoisotopic (exact) mass is 798 g/mol. The highest BCUT2D eigenvalue weighted by Gasteiger charge is 2.52. The van der Waals surface area contributed by atoms with Crippen LogP contribution in [0.5, 0.6) is 0 Å².